The molecule has 1 aromatic rings. The Labute approximate surface area is 147 Å². The Balaban J connectivity index is 1.27. The molecule has 2 aliphatic heterocycles. The fraction of sp³-hybridized carbons (Fsp3) is 0.611. The first kappa shape index (κ1) is 15.9. The van der Waals surface area contributed by atoms with Crippen molar-refractivity contribution in [3.8, 4) is 0 Å². The number of amides is 1. The number of carbonyl (C=O) groups excluding carboxylic acids is 1. The molecule has 1 unspecified atom stereocenters. The van der Waals surface area contributed by atoms with E-state index in [9.17, 15) is 4.79 Å². The summed E-state index contributed by atoms with van der Waals surface area (Å²) in [6.45, 7) is 3.20. The van der Waals surface area contributed by atoms with E-state index < -0.39 is 0 Å². The number of nitrogens with one attached hydrogen (secondary N) is 1. The van der Waals surface area contributed by atoms with Crippen molar-refractivity contribution in [3.05, 3.63) is 35.4 Å². The number of likely N-dealkylation sites (tertiary alicyclic amines) is 1. The Bertz CT molecular complexity index is 553. The molecule has 1 saturated carbocycles. The number of thioether (sulfide) groups is 2. The maximum atomic E-state index is 12.3. The normalized spacial score (nSPS) is 25.8. The second kappa shape index (κ2) is 7.08. The minimum atomic E-state index is 0.0770. The van der Waals surface area contributed by atoms with Gasteiger partial charge in [-0.25, -0.2) is 0 Å². The van der Waals surface area contributed by atoms with Gasteiger partial charge in [-0.1, -0.05) is 12.1 Å². The number of nitrogens with zero attached hydrogens (tertiary/aromatic N) is 1. The maximum Gasteiger partial charge on any atom is 0.251 e. The van der Waals surface area contributed by atoms with Crippen LogP contribution < -0.4 is 5.32 Å². The highest BCUT2D eigenvalue weighted by atomic mass is 32.2. The monoisotopic (exact) mass is 348 g/mol. The van der Waals surface area contributed by atoms with Crippen molar-refractivity contribution >= 4 is 29.4 Å². The van der Waals surface area contributed by atoms with E-state index in [1.54, 1.807) is 0 Å². The van der Waals surface area contributed by atoms with Gasteiger partial charge in [0.2, 0.25) is 0 Å². The summed E-state index contributed by atoms with van der Waals surface area (Å²) in [5.41, 5.74) is 2.13. The third-order valence-electron chi connectivity index (χ3n) is 5.00. The summed E-state index contributed by atoms with van der Waals surface area (Å²) in [6.07, 6.45) is 3.98. The van der Waals surface area contributed by atoms with Gasteiger partial charge in [-0.2, -0.15) is 0 Å². The largest absolute Gasteiger partial charge is 0.352 e. The highest BCUT2D eigenvalue weighted by molar-refractivity contribution is 8.19. The molecule has 3 aliphatic rings. The molecular formula is C18H24N2OS2. The fourth-order valence-electron chi connectivity index (χ4n) is 3.48. The predicted molar refractivity (Wildman–Crippen MR) is 99.1 cm³/mol. The number of benzene rings is 1. The number of carbonyl (C=O) groups is 1. The summed E-state index contributed by atoms with van der Waals surface area (Å²) in [5.74, 6) is 3.17. The smallest absolute Gasteiger partial charge is 0.251 e. The molecular weight excluding hydrogens is 324 g/mol. The molecule has 3 fully saturated rings. The first-order chi connectivity index (χ1) is 11.3. The number of hydrogen-bond donors (Lipinski definition) is 1. The van der Waals surface area contributed by atoms with Crippen LogP contribution in [0.25, 0.3) is 0 Å². The molecule has 1 atom stereocenters. The third kappa shape index (κ3) is 3.89. The molecule has 1 N–H and O–H groups in total. The predicted octanol–water partition coefficient (Wildman–Crippen LogP) is 3.38. The van der Waals surface area contributed by atoms with Gasteiger partial charge in [-0.3, -0.25) is 4.79 Å². The van der Waals surface area contributed by atoms with Gasteiger partial charge in [0, 0.05) is 36.2 Å². The molecule has 0 bridgehead atoms. The summed E-state index contributed by atoms with van der Waals surface area (Å²) in [4.78, 5) is 14.9. The van der Waals surface area contributed by atoms with E-state index in [0.717, 1.165) is 18.2 Å². The molecule has 5 heteroatoms. The van der Waals surface area contributed by atoms with Crippen molar-refractivity contribution < 1.29 is 4.79 Å². The first-order valence-corrected chi connectivity index (χ1v) is 10.7. The molecule has 2 heterocycles. The third-order valence-corrected chi connectivity index (χ3v) is 8.10. The van der Waals surface area contributed by atoms with Crippen LogP contribution in [0.15, 0.2) is 24.3 Å². The van der Waals surface area contributed by atoms with Gasteiger partial charge in [-0.05, 0) is 49.4 Å². The average Bonchev–Trinajstić information content (AvgIpc) is 3.11. The molecule has 0 radical (unpaired) electrons. The molecule has 0 aromatic heterocycles. The molecule has 124 valence electrons. The summed E-state index contributed by atoms with van der Waals surface area (Å²) in [7, 11) is 0. The van der Waals surface area contributed by atoms with Crippen LogP contribution in [-0.2, 0) is 0 Å². The Morgan fingerprint density at radius 1 is 1.13 bits per heavy atom. The molecule has 0 spiro atoms. The Morgan fingerprint density at radius 3 is 2.57 bits per heavy atom. The molecule has 2 saturated heterocycles. The zero-order valence-electron chi connectivity index (χ0n) is 13.4. The summed E-state index contributed by atoms with van der Waals surface area (Å²) in [6, 6.07) is 9.06. The summed E-state index contributed by atoms with van der Waals surface area (Å²) < 4.78 is 0.555. The van der Waals surface area contributed by atoms with Crippen molar-refractivity contribution in [2.24, 2.45) is 5.92 Å². The van der Waals surface area contributed by atoms with Crippen molar-refractivity contribution in [2.75, 3.05) is 31.1 Å². The van der Waals surface area contributed by atoms with Gasteiger partial charge in [-0.15, -0.1) is 23.5 Å². The van der Waals surface area contributed by atoms with Crippen LogP contribution in [0.5, 0.6) is 0 Å². The minimum absolute atomic E-state index is 0.0770. The van der Waals surface area contributed by atoms with Gasteiger partial charge in [0.05, 0.1) is 4.58 Å². The van der Waals surface area contributed by atoms with Crippen LogP contribution in [0, 0.1) is 5.92 Å². The Hall–Kier alpha value is -0.650. The molecule has 3 nitrogen and oxygen atoms in total. The lowest BCUT2D eigenvalue weighted by molar-refractivity contribution is 0.0947. The summed E-state index contributed by atoms with van der Waals surface area (Å²) >= 11 is 4.00. The van der Waals surface area contributed by atoms with Gasteiger partial charge in [0.25, 0.3) is 5.91 Å². The van der Waals surface area contributed by atoms with Crippen LogP contribution >= 0.6 is 23.5 Å². The van der Waals surface area contributed by atoms with E-state index in [0.29, 0.717) is 10.5 Å². The van der Waals surface area contributed by atoms with Crippen molar-refractivity contribution in [2.45, 2.75) is 29.9 Å². The minimum Gasteiger partial charge on any atom is -0.352 e. The first-order valence-electron chi connectivity index (χ1n) is 8.65. The molecule has 23 heavy (non-hydrogen) atoms. The van der Waals surface area contributed by atoms with Crippen LogP contribution in [0.3, 0.4) is 0 Å². The van der Waals surface area contributed by atoms with E-state index in [1.807, 2.05) is 35.7 Å². The quantitative estimate of drug-likeness (QED) is 0.884. The van der Waals surface area contributed by atoms with Crippen LogP contribution in [0.4, 0.5) is 0 Å². The molecule has 1 amide bonds. The average molecular weight is 349 g/mol. The molecule has 1 aliphatic carbocycles. The van der Waals surface area contributed by atoms with Crippen LogP contribution in [0.1, 0.15) is 39.8 Å². The summed E-state index contributed by atoms with van der Waals surface area (Å²) in [5, 5.41) is 3.13. The second-order valence-corrected chi connectivity index (χ2v) is 9.51. The lowest BCUT2D eigenvalue weighted by atomic mass is 10.1. The number of rotatable bonds is 5. The lowest BCUT2D eigenvalue weighted by Gasteiger charge is -2.15. The van der Waals surface area contributed by atoms with Crippen LogP contribution in [0.2, 0.25) is 0 Å². The standard InChI is InChI=1S/C18H24N2OS2/c21-17(19-11-13-7-8-20(12-13)16-5-6-16)14-1-3-15(4-2-14)18-22-9-10-23-18/h1-4,13,16,18H,5-12H2,(H,19,21). The topological polar surface area (TPSA) is 32.3 Å². The lowest BCUT2D eigenvalue weighted by Crippen LogP contribution is -2.31. The zero-order chi connectivity index (χ0) is 15.6. The van der Waals surface area contributed by atoms with Crippen molar-refractivity contribution in [1.29, 1.82) is 0 Å². The number of hydrogen-bond acceptors (Lipinski definition) is 4. The van der Waals surface area contributed by atoms with Gasteiger partial charge in [0.1, 0.15) is 0 Å². The second-order valence-electron chi connectivity index (χ2n) is 6.79. The zero-order valence-corrected chi connectivity index (χ0v) is 15.0. The van der Waals surface area contributed by atoms with Gasteiger partial charge in [0.15, 0.2) is 0 Å². The van der Waals surface area contributed by atoms with Crippen LogP contribution in [-0.4, -0.2) is 48.0 Å². The molecule has 1 aromatic carbocycles. The Morgan fingerprint density at radius 2 is 1.87 bits per heavy atom. The van der Waals surface area contributed by atoms with Crippen molar-refractivity contribution in [1.82, 2.24) is 10.2 Å². The Kier molecular flexibility index (Phi) is 4.88. The van der Waals surface area contributed by atoms with Crippen molar-refractivity contribution in [3.63, 3.8) is 0 Å². The van der Waals surface area contributed by atoms with Gasteiger partial charge < -0.3 is 10.2 Å². The van der Waals surface area contributed by atoms with E-state index in [1.165, 1.54) is 49.4 Å². The molecule has 4 rings (SSSR count). The SMILES string of the molecule is O=C(NCC1CCN(C2CC2)C1)c1ccc(C2SCCS2)cc1. The maximum absolute atomic E-state index is 12.3. The van der Waals surface area contributed by atoms with E-state index in [-0.39, 0.29) is 5.91 Å². The van der Waals surface area contributed by atoms with E-state index >= 15 is 0 Å². The fourth-order valence-corrected chi connectivity index (χ4v) is 6.34. The highest BCUT2D eigenvalue weighted by Crippen LogP contribution is 2.45. The van der Waals surface area contributed by atoms with Gasteiger partial charge >= 0.3 is 0 Å². The van der Waals surface area contributed by atoms with E-state index in [4.69, 9.17) is 0 Å². The highest BCUT2D eigenvalue weighted by Gasteiger charge is 2.34. The van der Waals surface area contributed by atoms with E-state index in [2.05, 4.69) is 22.3 Å².